The fourth-order valence-electron chi connectivity index (χ4n) is 2.63. The van der Waals surface area contributed by atoms with Crippen LogP contribution in [0.25, 0.3) is 0 Å². The lowest BCUT2D eigenvalue weighted by molar-refractivity contribution is -0.171. The Hall–Kier alpha value is -1.56. The van der Waals surface area contributed by atoms with E-state index in [1.54, 1.807) is 0 Å². The summed E-state index contributed by atoms with van der Waals surface area (Å²) in [6.07, 6.45) is 6.06. The molecule has 1 aliphatic heterocycles. The molecule has 1 aromatic carbocycles. The molecular formula is C17H18O2. The zero-order valence-corrected chi connectivity index (χ0v) is 11.0. The van der Waals surface area contributed by atoms with E-state index in [9.17, 15) is 0 Å². The minimum Gasteiger partial charge on any atom is -0.348 e. The third-order valence-corrected chi connectivity index (χ3v) is 3.73. The molecule has 1 aromatic rings. The van der Waals surface area contributed by atoms with E-state index in [1.807, 2.05) is 30.3 Å². The summed E-state index contributed by atoms with van der Waals surface area (Å²) in [5, 5.41) is 0. The average molecular weight is 254 g/mol. The van der Waals surface area contributed by atoms with Crippen molar-refractivity contribution in [3.8, 4) is 11.8 Å². The van der Waals surface area contributed by atoms with Gasteiger partial charge in [0, 0.05) is 18.4 Å². The Labute approximate surface area is 114 Å². The van der Waals surface area contributed by atoms with Crippen LogP contribution >= 0.6 is 0 Å². The molecule has 2 nitrogen and oxygen atoms in total. The van der Waals surface area contributed by atoms with Crippen LogP contribution in [0.2, 0.25) is 0 Å². The first-order valence-electron chi connectivity index (χ1n) is 6.89. The zero-order chi connectivity index (χ0) is 13.0. The topological polar surface area (TPSA) is 18.5 Å². The van der Waals surface area contributed by atoms with E-state index in [4.69, 9.17) is 9.47 Å². The molecule has 0 atom stereocenters. The average Bonchev–Trinajstić information content (AvgIpc) is 2.91. The third kappa shape index (κ3) is 3.07. The van der Waals surface area contributed by atoms with Crippen LogP contribution in [-0.4, -0.2) is 19.0 Å². The predicted octanol–water partition coefficient (Wildman–Crippen LogP) is 3.28. The summed E-state index contributed by atoms with van der Waals surface area (Å²) in [6.45, 7) is 1.49. The molecule has 0 amide bonds. The number of hydrogen-bond donors (Lipinski definition) is 0. The van der Waals surface area contributed by atoms with Crippen LogP contribution in [0, 0.1) is 11.8 Å². The quantitative estimate of drug-likeness (QED) is 0.661. The highest BCUT2D eigenvalue weighted by Gasteiger charge is 2.38. The van der Waals surface area contributed by atoms with Gasteiger partial charge in [-0.15, -0.1) is 0 Å². The SMILES string of the molecule is C(#Cc1ccccc1)C=C1CCC2(CC1)OCCO2. The first-order valence-corrected chi connectivity index (χ1v) is 6.89. The number of allylic oxidation sites excluding steroid dienone is 2. The highest BCUT2D eigenvalue weighted by Crippen LogP contribution is 2.37. The van der Waals surface area contributed by atoms with Gasteiger partial charge in [0.05, 0.1) is 13.2 Å². The van der Waals surface area contributed by atoms with E-state index in [0.717, 1.165) is 44.5 Å². The van der Waals surface area contributed by atoms with Gasteiger partial charge in [0.1, 0.15) is 0 Å². The molecule has 0 aromatic heterocycles. The molecule has 1 aliphatic carbocycles. The monoisotopic (exact) mass is 254 g/mol. The van der Waals surface area contributed by atoms with Gasteiger partial charge < -0.3 is 9.47 Å². The summed E-state index contributed by atoms with van der Waals surface area (Å²) < 4.78 is 11.4. The van der Waals surface area contributed by atoms with Gasteiger partial charge in [-0.25, -0.2) is 0 Å². The van der Waals surface area contributed by atoms with E-state index >= 15 is 0 Å². The number of benzene rings is 1. The first kappa shape index (κ1) is 12.5. The van der Waals surface area contributed by atoms with E-state index < -0.39 is 0 Å². The van der Waals surface area contributed by atoms with Crippen molar-refractivity contribution in [2.24, 2.45) is 0 Å². The van der Waals surface area contributed by atoms with Crippen molar-refractivity contribution >= 4 is 0 Å². The lowest BCUT2D eigenvalue weighted by Gasteiger charge is -2.32. The maximum Gasteiger partial charge on any atom is 0.169 e. The van der Waals surface area contributed by atoms with Gasteiger partial charge in [0.25, 0.3) is 0 Å². The molecule has 2 heteroatoms. The molecule has 1 saturated heterocycles. The van der Waals surface area contributed by atoms with Crippen molar-refractivity contribution in [1.82, 2.24) is 0 Å². The summed E-state index contributed by atoms with van der Waals surface area (Å²) in [6, 6.07) is 10.1. The smallest absolute Gasteiger partial charge is 0.169 e. The molecule has 3 rings (SSSR count). The van der Waals surface area contributed by atoms with Gasteiger partial charge in [-0.3, -0.25) is 0 Å². The lowest BCUT2D eigenvalue weighted by atomic mass is 9.89. The van der Waals surface area contributed by atoms with E-state index in [0.29, 0.717) is 0 Å². The second-order valence-electron chi connectivity index (χ2n) is 5.05. The maximum atomic E-state index is 5.72. The van der Waals surface area contributed by atoms with Crippen molar-refractivity contribution in [2.75, 3.05) is 13.2 Å². The summed E-state index contributed by atoms with van der Waals surface area (Å²) in [5.41, 5.74) is 2.47. The largest absolute Gasteiger partial charge is 0.348 e. The van der Waals surface area contributed by atoms with Crippen molar-refractivity contribution in [1.29, 1.82) is 0 Å². The van der Waals surface area contributed by atoms with E-state index in [2.05, 4.69) is 17.9 Å². The van der Waals surface area contributed by atoms with Gasteiger partial charge in [0.2, 0.25) is 0 Å². The van der Waals surface area contributed by atoms with Gasteiger partial charge >= 0.3 is 0 Å². The normalized spacial score (nSPS) is 20.9. The Morgan fingerprint density at radius 2 is 1.68 bits per heavy atom. The Morgan fingerprint density at radius 1 is 1.00 bits per heavy atom. The molecule has 98 valence electrons. The lowest BCUT2D eigenvalue weighted by Crippen LogP contribution is -2.33. The standard InChI is InChI=1S/C17H18O2/c1-2-5-15(6-3-1)7-4-8-16-9-11-17(12-10-16)18-13-14-19-17/h1-3,5-6,8H,9-14H2. The predicted molar refractivity (Wildman–Crippen MR) is 74.5 cm³/mol. The van der Waals surface area contributed by atoms with Crippen LogP contribution in [0.15, 0.2) is 42.0 Å². The number of hydrogen-bond acceptors (Lipinski definition) is 2. The Bertz CT molecular complexity index is 501. The Balaban J connectivity index is 1.59. The molecule has 19 heavy (non-hydrogen) atoms. The van der Waals surface area contributed by atoms with Crippen molar-refractivity contribution in [3.63, 3.8) is 0 Å². The van der Waals surface area contributed by atoms with E-state index in [-0.39, 0.29) is 5.79 Å². The van der Waals surface area contributed by atoms with Crippen LogP contribution in [0.5, 0.6) is 0 Å². The second kappa shape index (κ2) is 5.61. The second-order valence-corrected chi connectivity index (χ2v) is 5.05. The molecule has 0 N–H and O–H groups in total. The summed E-state index contributed by atoms with van der Waals surface area (Å²) >= 11 is 0. The van der Waals surface area contributed by atoms with Crippen molar-refractivity contribution in [2.45, 2.75) is 31.5 Å². The van der Waals surface area contributed by atoms with Gasteiger partial charge in [-0.2, -0.15) is 0 Å². The fraction of sp³-hybridized carbons (Fsp3) is 0.412. The van der Waals surface area contributed by atoms with Gasteiger partial charge in [0.15, 0.2) is 5.79 Å². The molecule has 0 bridgehead atoms. The summed E-state index contributed by atoms with van der Waals surface area (Å²) in [7, 11) is 0. The van der Waals surface area contributed by atoms with Crippen molar-refractivity contribution < 1.29 is 9.47 Å². The maximum absolute atomic E-state index is 5.72. The highest BCUT2D eigenvalue weighted by atomic mass is 16.7. The summed E-state index contributed by atoms with van der Waals surface area (Å²) in [4.78, 5) is 0. The van der Waals surface area contributed by atoms with Crippen LogP contribution in [-0.2, 0) is 9.47 Å². The van der Waals surface area contributed by atoms with Gasteiger partial charge in [-0.05, 0) is 31.1 Å². The molecule has 1 heterocycles. The van der Waals surface area contributed by atoms with Crippen LogP contribution in [0.3, 0.4) is 0 Å². The first-order chi connectivity index (χ1) is 9.36. The van der Waals surface area contributed by atoms with Crippen LogP contribution in [0.4, 0.5) is 0 Å². The van der Waals surface area contributed by atoms with E-state index in [1.165, 1.54) is 5.57 Å². The van der Waals surface area contributed by atoms with Crippen molar-refractivity contribution in [3.05, 3.63) is 47.5 Å². The molecule has 2 fully saturated rings. The minimum atomic E-state index is -0.274. The third-order valence-electron chi connectivity index (χ3n) is 3.73. The van der Waals surface area contributed by atoms with Gasteiger partial charge in [-0.1, -0.05) is 35.6 Å². The zero-order valence-electron chi connectivity index (χ0n) is 11.0. The summed E-state index contributed by atoms with van der Waals surface area (Å²) in [5.74, 6) is 6.05. The molecule has 0 radical (unpaired) electrons. The molecule has 1 spiro atoms. The Morgan fingerprint density at radius 3 is 2.37 bits per heavy atom. The minimum absolute atomic E-state index is 0.274. The number of ether oxygens (including phenoxy) is 2. The molecular weight excluding hydrogens is 236 g/mol. The number of rotatable bonds is 0. The Kier molecular flexibility index (Phi) is 3.68. The van der Waals surface area contributed by atoms with Crippen LogP contribution in [0.1, 0.15) is 31.2 Å². The molecule has 2 aliphatic rings. The molecule has 1 saturated carbocycles. The highest BCUT2D eigenvalue weighted by molar-refractivity contribution is 5.37. The fourth-order valence-corrected chi connectivity index (χ4v) is 2.63. The molecule has 0 unspecified atom stereocenters. The van der Waals surface area contributed by atoms with Crippen LogP contribution < -0.4 is 0 Å².